The average molecular weight is 316 g/mol. The summed E-state index contributed by atoms with van der Waals surface area (Å²) in [5, 5.41) is 1.90. The van der Waals surface area contributed by atoms with Crippen LogP contribution >= 0.6 is 22.7 Å². The summed E-state index contributed by atoms with van der Waals surface area (Å²) in [6.07, 6.45) is 1.27. The number of anilines is 1. The number of hydrogen-bond donors (Lipinski definition) is 1. The van der Waals surface area contributed by atoms with Gasteiger partial charge >= 0.3 is 0 Å². The molecule has 0 bridgehead atoms. The molecule has 2 unspecified atom stereocenters. The molecular weight excluding hydrogens is 300 g/mol. The van der Waals surface area contributed by atoms with Gasteiger partial charge in [0.25, 0.3) is 0 Å². The maximum Gasteiger partial charge on any atom is 0.127 e. The highest BCUT2D eigenvalue weighted by atomic mass is 32.1. The minimum atomic E-state index is 0.124. The highest BCUT2D eigenvalue weighted by molar-refractivity contribution is 7.22. The Morgan fingerprint density at radius 3 is 2.86 bits per heavy atom. The van der Waals surface area contributed by atoms with Crippen molar-refractivity contribution in [3.05, 3.63) is 34.7 Å². The van der Waals surface area contributed by atoms with E-state index < -0.39 is 0 Å². The number of thiophene rings is 1. The molecule has 0 radical (unpaired) electrons. The van der Waals surface area contributed by atoms with Gasteiger partial charge in [-0.3, -0.25) is 0 Å². The van der Waals surface area contributed by atoms with Crippen molar-refractivity contribution < 1.29 is 4.74 Å². The van der Waals surface area contributed by atoms with Gasteiger partial charge in [-0.05, 0) is 31.5 Å². The molecule has 108 valence electrons. The lowest BCUT2D eigenvalue weighted by Gasteiger charge is -2.25. The summed E-state index contributed by atoms with van der Waals surface area (Å²) in [5.74, 6) is 0. The number of nitrogens with two attached hydrogens (primary N) is 1. The summed E-state index contributed by atoms with van der Waals surface area (Å²) < 4.78 is 7.12. The molecular formula is C16H16N2OS2. The summed E-state index contributed by atoms with van der Waals surface area (Å²) in [6.45, 7) is 4.22. The molecule has 3 heterocycles. The van der Waals surface area contributed by atoms with Gasteiger partial charge in [0.2, 0.25) is 0 Å². The SMILES string of the molecule is CC1Cc2c(sc(N)c2-c2nc3ccccc3s2)C(C)O1. The number of rotatable bonds is 1. The fraction of sp³-hybridized carbons (Fsp3) is 0.312. The first-order valence-electron chi connectivity index (χ1n) is 7.06. The van der Waals surface area contributed by atoms with E-state index in [2.05, 4.69) is 32.0 Å². The smallest absolute Gasteiger partial charge is 0.127 e. The first-order chi connectivity index (χ1) is 10.1. The summed E-state index contributed by atoms with van der Waals surface area (Å²) >= 11 is 3.37. The lowest BCUT2D eigenvalue weighted by molar-refractivity contribution is -0.00200. The molecule has 0 fully saturated rings. The van der Waals surface area contributed by atoms with E-state index >= 15 is 0 Å². The van der Waals surface area contributed by atoms with Crippen molar-refractivity contribution in [2.75, 3.05) is 5.73 Å². The van der Waals surface area contributed by atoms with Gasteiger partial charge in [-0.2, -0.15) is 0 Å². The van der Waals surface area contributed by atoms with E-state index in [1.54, 1.807) is 22.7 Å². The second-order valence-corrected chi connectivity index (χ2v) is 7.58. The normalized spacial score (nSPS) is 21.6. The van der Waals surface area contributed by atoms with E-state index in [-0.39, 0.29) is 12.2 Å². The van der Waals surface area contributed by atoms with E-state index in [9.17, 15) is 0 Å². The van der Waals surface area contributed by atoms with Crippen molar-refractivity contribution >= 4 is 37.9 Å². The van der Waals surface area contributed by atoms with Crippen molar-refractivity contribution in [2.45, 2.75) is 32.5 Å². The van der Waals surface area contributed by atoms with Gasteiger partial charge in [-0.15, -0.1) is 22.7 Å². The van der Waals surface area contributed by atoms with Crippen LogP contribution in [-0.4, -0.2) is 11.1 Å². The van der Waals surface area contributed by atoms with Gasteiger partial charge in [0.15, 0.2) is 0 Å². The van der Waals surface area contributed by atoms with Gasteiger partial charge < -0.3 is 10.5 Å². The van der Waals surface area contributed by atoms with Crippen molar-refractivity contribution in [2.24, 2.45) is 0 Å². The van der Waals surface area contributed by atoms with Gasteiger partial charge in [0.05, 0.1) is 27.4 Å². The molecule has 0 saturated heterocycles. The number of hydrogen-bond acceptors (Lipinski definition) is 5. The largest absolute Gasteiger partial charge is 0.390 e. The number of para-hydroxylation sites is 1. The van der Waals surface area contributed by atoms with E-state index in [0.29, 0.717) is 0 Å². The number of aromatic nitrogens is 1. The highest BCUT2D eigenvalue weighted by Gasteiger charge is 2.29. The van der Waals surface area contributed by atoms with Crippen LogP contribution in [-0.2, 0) is 11.2 Å². The molecule has 1 aliphatic heterocycles. The molecule has 0 saturated carbocycles. The average Bonchev–Trinajstić information content (AvgIpc) is 2.98. The maximum atomic E-state index is 6.31. The lowest BCUT2D eigenvalue weighted by atomic mass is 9.99. The number of ether oxygens (including phenoxy) is 1. The van der Waals surface area contributed by atoms with Crippen LogP contribution in [0.2, 0.25) is 0 Å². The van der Waals surface area contributed by atoms with Crippen molar-refractivity contribution in [1.29, 1.82) is 0 Å². The van der Waals surface area contributed by atoms with Crippen LogP contribution in [0.25, 0.3) is 20.8 Å². The third kappa shape index (κ3) is 2.08. The molecule has 0 amide bonds. The molecule has 0 aliphatic carbocycles. The number of nitrogen functional groups attached to an aromatic ring is 1. The maximum absolute atomic E-state index is 6.31. The first-order valence-corrected chi connectivity index (χ1v) is 8.69. The number of thiazole rings is 1. The van der Waals surface area contributed by atoms with E-state index in [1.165, 1.54) is 15.1 Å². The van der Waals surface area contributed by atoms with Crippen LogP contribution in [0.3, 0.4) is 0 Å². The zero-order valence-corrected chi connectivity index (χ0v) is 13.6. The van der Waals surface area contributed by atoms with Crippen LogP contribution in [0, 0.1) is 0 Å². The zero-order chi connectivity index (χ0) is 14.6. The quantitative estimate of drug-likeness (QED) is 0.712. The predicted molar refractivity (Wildman–Crippen MR) is 90.0 cm³/mol. The Balaban J connectivity index is 1.92. The highest BCUT2D eigenvalue weighted by Crippen LogP contribution is 2.47. The van der Waals surface area contributed by atoms with Gasteiger partial charge in [0.1, 0.15) is 5.01 Å². The molecule has 2 aromatic heterocycles. The Morgan fingerprint density at radius 2 is 2.05 bits per heavy atom. The van der Waals surface area contributed by atoms with E-state index in [4.69, 9.17) is 15.5 Å². The van der Waals surface area contributed by atoms with Crippen LogP contribution < -0.4 is 5.73 Å². The summed E-state index contributed by atoms with van der Waals surface area (Å²) in [7, 11) is 0. The molecule has 3 nitrogen and oxygen atoms in total. The van der Waals surface area contributed by atoms with E-state index in [0.717, 1.165) is 27.5 Å². The third-order valence-electron chi connectivity index (χ3n) is 3.87. The van der Waals surface area contributed by atoms with Crippen LogP contribution in [0.4, 0.5) is 5.00 Å². The standard InChI is InChI=1S/C16H16N2OS2/c1-8-7-10-13(15(17)21-14(10)9(2)19-8)16-18-11-5-3-4-6-12(11)20-16/h3-6,8-9H,7,17H2,1-2H3. The Kier molecular flexibility index (Phi) is 3.03. The van der Waals surface area contributed by atoms with Crippen LogP contribution in [0.1, 0.15) is 30.4 Å². The zero-order valence-electron chi connectivity index (χ0n) is 11.9. The van der Waals surface area contributed by atoms with Gasteiger partial charge in [-0.1, -0.05) is 12.1 Å². The van der Waals surface area contributed by atoms with E-state index in [1.807, 2.05) is 6.07 Å². The topological polar surface area (TPSA) is 48.1 Å². The van der Waals surface area contributed by atoms with Crippen molar-refractivity contribution in [3.63, 3.8) is 0 Å². The fourth-order valence-electron chi connectivity index (χ4n) is 2.99. The monoisotopic (exact) mass is 316 g/mol. The Bertz CT molecular complexity index is 788. The molecule has 0 spiro atoms. The minimum absolute atomic E-state index is 0.124. The summed E-state index contributed by atoms with van der Waals surface area (Å²) in [6, 6.07) is 8.24. The predicted octanol–water partition coefficient (Wildman–Crippen LogP) is 4.63. The summed E-state index contributed by atoms with van der Waals surface area (Å²) in [4.78, 5) is 6.04. The lowest BCUT2D eigenvalue weighted by Crippen LogP contribution is -2.20. The van der Waals surface area contributed by atoms with Gasteiger partial charge in [0, 0.05) is 16.9 Å². The first kappa shape index (κ1) is 13.2. The molecule has 1 aliphatic rings. The fourth-order valence-corrected chi connectivity index (χ4v) is 5.20. The van der Waals surface area contributed by atoms with Crippen molar-refractivity contribution in [1.82, 2.24) is 4.98 Å². The molecule has 1 aromatic carbocycles. The summed E-state index contributed by atoms with van der Waals surface area (Å²) in [5.41, 5.74) is 9.83. The second-order valence-electron chi connectivity index (χ2n) is 5.46. The van der Waals surface area contributed by atoms with Crippen LogP contribution in [0.15, 0.2) is 24.3 Å². The Labute approximate surface area is 131 Å². The number of fused-ring (bicyclic) bond motifs is 2. The molecule has 21 heavy (non-hydrogen) atoms. The molecule has 3 aromatic rings. The second kappa shape index (κ2) is 4.80. The number of nitrogens with zero attached hydrogens (tertiary/aromatic N) is 1. The molecule has 2 N–H and O–H groups in total. The van der Waals surface area contributed by atoms with Crippen molar-refractivity contribution in [3.8, 4) is 10.6 Å². The van der Waals surface area contributed by atoms with Gasteiger partial charge in [-0.25, -0.2) is 4.98 Å². The Hall–Kier alpha value is -1.43. The molecule has 5 heteroatoms. The molecule has 4 rings (SSSR count). The minimum Gasteiger partial charge on any atom is -0.390 e. The molecule has 2 atom stereocenters. The number of benzene rings is 1. The third-order valence-corrected chi connectivity index (χ3v) is 6.15. The Morgan fingerprint density at radius 1 is 1.24 bits per heavy atom. The van der Waals surface area contributed by atoms with Crippen LogP contribution in [0.5, 0.6) is 0 Å².